The van der Waals surface area contributed by atoms with Gasteiger partial charge in [-0.25, -0.2) is 0 Å². The standard InChI is InChI=1S/C23H24N2O5/c1-25(2)16-8-6-14(7-9-16)10-17-18(23(27)24-22(17)26)11-15-12-19(28-3)21(30-5)20(13-15)29-4/h6-13H,1-5H3,(H,24,26,27)/b17-10+,18-11+. The number of rotatable bonds is 6. The van der Waals surface area contributed by atoms with E-state index >= 15 is 0 Å². The number of hydrogen-bond donors (Lipinski definition) is 1. The molecule has 1 saturated heterocycles. The van der Waals surface area contributed by atoms with Gasteiger partial charge in [0.2, 0.25) is 5.75 Å². The molecule has 1 fully saturated rings. The molecule has 7 nitrogen and oxygen atoms in total. The van der Waals surface area contributed by atoms with E-state index in [1.54, 1.807) is 24.3 Å². The molecule has 0 unspecified atom stereocenters. The monoisotopic (exact) mass is 408 g/mol. The zero-order valence-corrected chi connectivity index (χ0v) is 17.6. The van der Waals surface area contributed by atoms with Crippen molar-refractivity contribution in [2.75, 3.05) is 40.3 Å². The highest BCUT2D eigenvalue weighted by molar-refractivity contribution is 6.28. The van der Waals surface area contributed by atoms with Crippen LogP contribution in [0.15, 0.2) is 47.5 Å². The molecule has 7 heteroatoms. The molecule has 1 aliphatic rings. The second-order valence-electron chi connectivity index (χ2n) is 6.84. The predicted molar refractivity (Wildman–Crippen MR) is 116 cm³/mol. The zero-order chi connectivity index (χ0) is 21.8. The molecule has 0 atom stereocenters. The van der Waals surface area contributed by atoms with Crippen molar-refractivity contribution in [2.45, 2.75) is 0 Å². The van der Waals surface area contributed by atoms with Crippen molar-refractivity contribution >= 4 is 29.7 Å². The molecular weight excluding hydrogens is 384 g/mol. The number of hydrogen-bond acceptors (Lipinski definition) is 6. The van der Waals surface area contributed by atoms with E-state index in [0.29, 0.717) is 28.4 Å². The SMILES string of the molecule is COc1cc(/C=C2/C(=O)NC(=O)/C2=C/c2ccc(N(C)C)cc2)cc(OC)c1OC. The topological polar surface area (TPSA) is 77.1 Å². The van der Waals surface area contributed by atoms with Crippen LogP contribution in [-0.2, 0) is 9.59 Å². The van der Waals surface area contributed by atoms with Gasteiger partial charge in [-0.15, -0.1) is 0 Å². The summed E-state index contributed by atoms with van der Waals surface area (Å²) in [5.41, 5.74) is 3.06. The Morgan fingerprint density at radius 3 is 1.70 bits per heavy atom. The van der Waals surface area contributed by atoms with Crippen LogP contribution in [0.2, 0.25) is 0 Å². The lowest BCUT2D eigenvalue weighted by atomic mass is 10.0. The number of imide groups is 1. The van der Waals surface area contributed by atoms with E-state index < -0.39 is 11.8 Å². The van der Waals surface area contributed by atoms with Crippen molar-refractivity contribution in [2.24, 2.45) is 0 Å². The number of nitrogens with zero attached hydrogens (tertiary/aromatic N) is 1. The van der Waals surface area contributed by atoms with E-state index in [4.69, 9.17) is 14.2 Å². The van der Waals surface area contributed by atoms with E-state index in [2.05, 4.69) is 5.32 Å². The molecule has 0 bridgehead atoms. The summed E-state index contributed by atoms with van der Waals surface area (Å²) in [5.74, 6) is 0.475. The van der Waals surface area contributed by atoms with Gasteiger partial charge in [-0.2, -0.15) is 0 Å². The van der Waals surface area contributed by atoms with Gasteiger partial charge in [0, 0.05) is 19.8 Å². The van der Waals surface area contributed by atoms with Gasteiger partial charge < -0.3 is 19.1 Å². The molecule has 0 saturated carbocycles. The molecule has 0 aromatic heterocycles. The first-order valence-electron chi connectivity index (χ1n) is 9.24. The highest BCUT2D eigenvalue weighted by Gasteiger charge is 2.30. The molecule has 156 valence electrons. The summed E-state index contributed by atoms with van der Waals surface area (Å²) in [4.78, 5) is 26.8. The lowest BCUT2D eigenvalue weighted by Gasteiger charge is -2.13. The van der Waals surface area contributed by atoms with E-state index in [9.17, 15) is 9.59 Å². The Bertz CT molecular complexity index is 1010. The molecular formula is C23H24N2O5. The molecule has 1 N–H and O–H groups in total. The van der Waals surface area contributed by atoms with Crippen molar-refractivity contribution in [3.8, 4) is 17.2 Å². The maximum Gasteiger partial charge on any atom is 0.258 e. The highest BCUT2D eigenvalue weighted by atomic mass is 16.5. The maximum atomic E-state index is 12.4. The molecule has 3 rings (SSSR count). The summed E-state index contributed by atoms with van der Waals surface area (Å²) in [6.07, 6.45) is 3.33. The molecule has 2 aromatic carbocycles. The number of benzene rings is 2. The van der Waals surface area contributed by atoms with E-state index in [-0.39, 0.29) is 5.57 Å². The number of ether oxygens (including phenoxy) is 3. The van der Waals surface area contributed by atoms with Crippen molar-refractivity contribution in [1.82, 2.24) is 5.32 Å². The summed E-state index contributed by atoms with van der Waals surface area (Å²) in [7, 11) is 8.46. The van der Waals surface area contributed by atoms with Crippen molar-refractivity contribution < 1.29 is 23.8 Å². The van der Waals surface area contributed by atoms with Gasteiger partial charge in [0.15, 0.2) is 11.5 Å². The van der Waals surface area contributed by atoms with Crippen LogP contribution in [0, 0.1) is 0 Å². The van der Waals surface area contributed by atoms with Gasteiger partial charge in [-0.3, -0.25) is 14.9 Å². The molecule has 0 radical (unpaired) electrons. The number of carbonyl (C=O) groups excluding carboxylic acids is 2. The smallest absolute Gasteiger partial charge is 0.258 e. The first-order chi connectivity index (χ1) is 14.4. The van der Waals surface area contributed by atoms with Crippen LogP contribution in [-0.4, -0.2) is 47.2 Å². The summed E-state index contributed by atoms with van der Waals surface area (Å²) in [6.45, 7) is 0. The number of nitrogens with one attached hydrogen (secondary N) is 1. The van der Waals surface area contributed by atoms with Gasteiger partial charge in [0.25, 0.3) is 11.8 Å². The van der Waals surface area contributed by atoms with Crippen molar-refractivity contribution in [3.05, 3.63) is 58.7 Å². The Labute approximate surface area is 175 Å². The molecule has 2 aromatic rings. The third kappa shape index (κ3) is 4.15. The van der Waals surface area contributed by atoms with Crippen LogP contribution in [0.5, 0.6) is 17.2 Å². The molecule has 1 aliphatic heterocycles. The second kappa shape index (κ2) is 8.73. The van der Waals surface area contributed by atoms with Gasteiger partial charge >= 0.3 is 0 Å². The fourth-order valence-electron chi connectivity index (χ4n) is 3.16. The summed E-state index contributed by atoms with van der Waals surface area (Å²) >= 11 is 0. The third-order valence-corrected chi connectivity index (χ3v) is 4.73. The maximum absolute atomic E-state index is 12.4. The van der Waals surface area contributed by atoms with Crippen LogP contribution in [0.3, 0.4) is 0 Å². The highest BCUT2D eigenvalue weighted by Crippen LogP contribution is 2.39. The van der Waals surface area contributed by atoms with Crippen LogP contribution in [0.1, 0.15) is 11.1 Å². The van der Waals surface area contributed by atoms with Crippen molar-refractivity contribution in [1.29, 1.82) is 0 Å². The number of amides is 2. The van der Waals surface area contributed by atoms with Gasteiger partial charge in [-0.05, 0) is 47.5 Å². The Hall–Kier alpha value is -3.74. The lowest BCUT2D eigenvalue weighted by Crippen LogP contribution is -2.19. The third-order valence-electron chi connectivity index (χ3n) is 4.73. The summed E-state index contributed by atoms with van der Waals surface area (Å²) in [6, 6.07) is 11.1. The Kier molecular flexibility index (Phi) is 6.11. The van der Waals surface area contributed by atoms with E-state index in [0.717, 1.165) is 11.3 Å². The fraction of sp³-hybridized carbons (Fsp3) is 0.217. The zero-order valence-electron chi connectivity index (χ0n) is 17.6. The van der Waals surface area contributed by atoms with Crippen LogP contribution in [0.25, 0.3) is 12.2 Å². The van der Waals surface area contributed by atoms with Gasteiger partial charge in [0.05, 0.1) is 32.5 Å². The quantitative estimate of drug-likeness (QED) is 0.585. The fourth-order valence-corrected chi connectivity index (χ4v) is 3.16. The molecule has 2 amide bonds. The van der Waals surface area contributed by atoms with Gasteiger partial charge in [-0.1, -0.05) is 12.1 Å². The minimum absolute atomic E-state index is 0.269. The number of methoxy groups -OCH3 is 3. The molecule has 0 aliphatic carbocycles. The average molecular weight is 408 g/mol. The molecule has 0 spiro atoms. The lowest BCUT2D eigenvalue weighted by molar-refractivity contribution is -0.123. The Morgan fingerprint density at radius 1 is 0.767 bits per heavy atom. The van der Waals surface area contributed by atoms with Gasteiger partial charge in [0.1, 0.15) is 0 Å². The number of carbonyl (C=O) groups is 2. The normalized spacial score (nSPS) is 16.0. The summed E-state index contributed by atoms with van der Waals surface area (Å²) in [5, 5.41) is 2.36. The van der Waals surface area contributed by atoms with E-state index in [1.165, 1.54) is 21.3 Å². The molecule has 1 heterocycles. The second-order valence-corrected chi connectivity index (χ2v) is 6.84. The predicted octanol–water partition coefficient (Wildman–Crippen LogP) is 2.90. The van der Waals surface area contributed by atoms with Crippen LogP contribution in [0.4, 0.5) is 5.69 Å². The van der Waals surface area contributed by atoms with E-state index in [1.807, 2.05) is 43.3 Å². The van der Waals surface area contributed by atoms with Crippen LogP contribution < -0.4 is 24.4 Å². The largest absolute Gasteiger partial charge is 0.493 e. The van der Waals surface area contributed by atoms with Crippen molar-refractivity contribution in [3.63, 3.8) is 0 Å². The summed E-state index contributed by atoms with van der Waals surface area (Å²) < 4.78 is 16.1. The van der Waals surface area contributed by atoms with Crippen LogP contribution >= 0.6 is 0 Å². The first-order valence-corrected chi connectivity index (χ1v) is 9.24. The minimum atomic E-state index is -0.454. The number of anilines is 1. The molecule has 30 heavy (non-hydrogen) atoms. The average Bonchev–Trinajstić information content (AvgIpc) is 3.00. The Balaban J connectivity index is 2.05. The minimum Gasteiger partial charge on any atom is -0.493 e. The first kappa shape index (κ1) is 21.0. The Morgan fingerprint density at radius 2 is 1.27 bits per heavy atom.